The van der Waals surface area contributed by atoms with Crippen molar-refractivity contribution in [2.24, 2.45) is 21.9 Å². The maximum absolute atomic E-state index is 10.7. The summed E-state index contributed by atoms with van der Waals surface area (Å²) in [5, 5.41) is 8.01. The Hall–Kier alpha value is -1.96. The number of carbonyl (C=O) groups is 1. The van der Waals surface area contributed by atoms with Gasteiger partial charge in [0.1, 0.15) is 0 Å². The van der Waals surface area contributed by atoms with Crippen LogP contribution in [-0.4, -0.2) is 28.0 Å². The number of imidazole rings is 1. The minimum atomic E-state index is -0.647. The Morgan fingerprint density at radius 2 is 2.46 bits per heavy atom. The smallest absolute Gasteiger partial charge is 0.269 e. The number of rotatable bonds is 3. The molecule has 0 aliphatic carbocycles. The van der Waals surface area contributed by atoms with Crippen molar-refractivity contribution in [1.82, 2.24) is 15.1 Å². The van der Waals surface area contributed by atoms with Gasteiger partial charge in [0.05, 0.1) is 6.33 Å². The molecule has 0 fully saturated rings. The summed E-state index contributed by atoms with van der Waals surface area (Å²) in [5.74, 6) is 4.62. The first-order chi connectivity index (χ1) is 6.11. The minimum Gasteiger partial charge on any atom is -0.364 e. The van der Waals surface area contributed by atoms with Crippen LogP contribution < -0.4 is 11.6 Å². The number of hydrazine groups is 1. The lowest BCUT2D eigenvalue weighted by molar-refractivity contribution is 0.0996. The number of nitrogens with two attached hydrogens (primary N) is 2. The van der Waals surface area contributed by atoms with Crippen molar-refractivity contribution in [3.8, 4) is 0 Å². The Bertz CT molecular complexity index is 327. The number of amides is 1. The van der Waals surface area contributed by atoms with Crippen molar-refractivity contribution in [3.63, 3.8) is 0 Å². The molecule has 1 amide bonds. The van der Waals surface area contributed by atoms with Gasteiger partial charge in [-0.1, -0.05) is 5.22 Å². The van der Waals surface area contributed by atoms with Crippen molar-refractivity contribution in [2.75, 3.05) is 7.05 Å². The van der Waals surface area contributed by atoms with Crippen molar-refractivity contribution < 1.29 is 4.79 Å². The van der Waals surface area contributed by atoms with E-state index in [-0.39, 0.29) is 11.5 Å². The topological polar surface area (TPSA) is 126 Å². The van der Waals surface area contributed by atoms with Crippen molar-refractivity contribution in [2.45, 2.75) is 0 Å². The van der Waals surface area contributed by atoms with Gasteiger partial charge in [-0.3, -0.25) is 4.79 Å². The molecule has 1 aromatic rings. The van der Waals surface area contributed by atoms with Gasteiger partial charge in [0.25, 0.3) is 5.91 Å². The molecule has 0 aliphatic rings. The summed E-state index contributed by atoms with van der Waals surface area (Å²) in [5.41, 5.74) is 5.11. The van der Waals surface area contributed by atoms with Gasteiger partial charge in [0.15, 0.2) is 5.69 Å². The molecular formula is C5H9N7O. The molecule has 0 unspecified atom stereocenters. The summed E-state index contributed by atoms with van der Waals surface area (Å²) in [6.07, 6.45) is 1.30. The van der Waals surface area contributed by atoms with Gasteiger partial charge in [0.2, 0.25) is 5.82 Å². The number of H-pyrrole nitrogens is 1. The van der Waals surface area contributed by atoms with Gasteiger partial charge in [-0.15, -0.1) is 5.11 Å². The molecular weight excluding hydrogens is 174 g/mol. The van der Waals surface area contributed by atoms with Crippen molar-refractivity contribution in [3.05, 3.63) is 12.0 Å². The van der Waals surface area contributed by atoms with Gasteiger partial charge in [-0.2, -0.15) is 0 Å². The Kier molecular flexibility index (Phi) is 2.55. The number of nitrogens with zero attached hydrogens (tertiary/aromatic N) is 4. The maximum atomic E-state index is 10.7. The Morgan fingerprint density at radius 3 is 3.00 bits per heavy atom. The summed E-state index contributed by atoms with van der Waals surface area (Å²) >= 11 is 0. The van der Waals surface area contributed by atoms with E-state index in [9.17, 15) is 4.79 Å². The third-order valence-electron chi connectivity index (χ3n) is 1.15. The number of aromatic amines is 1. The highest BCUT2D eigenvalue weighted by Crippen LogP contribution is 2.12. The molecule has 8 heteroatoms. The molecule has 0 saturated carbocycles. The fraction of sp³-hybridized carbons (Fsp3) is 0.200. The highest BCUT2D eigenvalue weighted by atomic mass is 16.1. The van der Waals surface area contributed by atoms with Crippen LogP contribution in [0.5, 0.6) is 0 Å². The lowest BCUT2D eigenvalue weighted by atomic mass is 10.4. The zero-order valence-corrected chi connectivity index (χ0v) is 6.93. The number of primary amides is 1. The van der Waals surface area contributed by atoms with Crippen LogP contribution in [0.2, 0.25) is 0 Å². The van der Waals surface area contributed by atoms with E-state index < -0.39 is 5.91 Å². The predicted molar refractivity (Wildman–Crippen MR) is 43.6 cm³/mol. The van der Waals surface area contributed by atoms with E-state index in [2.05, 4.69) is 20.3 Å². The van der Waals surface area contributed by atoms with Crippen LogP contribution in [0.3, 0.4) is 0 Å². The lowest BCUT2D eigenvalue weighted by Gasteiger charge is -1.98. The molecule has 0 aromatic carbocycles. The van der Waals surface area contributed by atoms with Crippen LogP contribution in [0.15, 0.2) is 16.7 Å². The first-order valence-electron chi connectivity index (χ1n) is 3.34. The third-order valence-corrected chi connectivity index (χ3v) is 1.15. The van der Waals surface area contributed by atoms with E-state index >= 15 is 0 Å². The van der Waals surface area contributed by atoms with E-state index in [1.807, 2.05) is 0 Å². The van der Waals surface area contributed by atoms with Gasteiger partial charge in [0, 0.05) is 7.05 Å². The SMILES string of the molecule is CN(N)/N=N/c1nc[nH]c1C(N)=O. The van der Waals surface area contributed by atoms with Gasteiger partial charge >= 0.3 is 0 Å². The number of aromatic nitrogens is 2. The first-order valence-corrected chi connectivity index (χ1v) is 3.34. The molecule has 70 valence electrons. The van der Waals surface area contributed by atoms with E-state index in [0.29, 0.717) is 0 Å². The summed E-state index contributed by atoms with van der Waals surface area (Å²) in [6, 6.07) is 0. The fourth-order valence-electron chi connectivity index (χ4n) is 0.657. The molecule has 13 heavy (non-hydrogen) atoms. The van der Waals surface area contributed by atoms with Gasteiger partial charge in [-0.25, -0.2) is 15.9 Å². The second-order valence-corrected chi connectivity index (χ2v) is 2.23. The average molecular weight is 183 g/mol. The van der Waals surface area contributed by atoms with Crippen molar-refractivity contribution in [1.29, 1.82) is 0 Å². The second-order valence-electron chi connectivity index (χ2n) is 2.23. The molecule has 1 rings (SSSR count). The van der Waals surface area contributed by atoms with Crippen LogP contribution in [-0.2, 0) is 0 Å². The van der Waals surface area contributed by atoms with Crippen molar-refractivity contribution >= 4 is 11.7 Å². The molecule has 1 aromatic heterocycles. The third kappa shape index (κ3) is 2.24. The van der Waals surface area contributed by atoms with Crippen LogP contribution in [0.4, 0.5) is 5.82 Å². The number of nitrogens with one attached hydrogen (secondary N) is 1. The highest BCUT2D eigenvalue weighted by molar-refractivity contribution is 5.94. The summed E-state index contributed by atoms with van der Waals surface area (Å²) in [6.45, 7) is 0. The van der Waals surface area contributed by atoms with Crippen LogP contribution in [0.1, 0.15) is 10.5 Å². The molecule has 0 saturated heterocycles. The quantitative estimate of drug-likeness (QED) is 0.325. The Balaban J connectivity index is 2.88. The number of hydrogen-bond donors (Lipinski definition) is 3. The van der Waals surface area contributed by atoms with Crippen LogP contribution in [0, 0.1) is 0 Å². The molecule has 0 spiro atoms. The highest BCUT2D eigenvalue weighted by Gasteiger charge is 2.09. The molecule has 0 atom stereocenters. The second kappa shape index (κ2) is 3.63. The molecule has 0 bridgehead atoms. The normalized spacial score (nSPS) is 10.6. The Morgan fingerprint density at radius 1 is 1.77 bits per heavy atom. The maximum Gasteiger partial charge on any atom is 0.269 e. The monoisotopic (exact) mass is 183 g/mol. The van der Waals surface area contributed by atoms with E-state index in [1.54, 1.807) is 0 Å². The lowest BCUT2D eigenvalue weighted by Crippen LogP contribution is -2.18. The molecule has 0 aliphatic heterocycles. The van der Waals surface area contributed by atoms with Gasteiger partial charge < -0.3 is 10.7 Å². The molecule has 0 radical (unpaired) electrons. The summed E-state index contributed by atoms with van der Waals surface area (Å²) in [4.78, 5) is 17.0. The average Bonchev–Trinajstić information content (AvgIpc) is 2.47. The summed E-state index contributed by atoms with van der Waals surface area (Å²) < 4.78 is 0. The van der Waals surface area contributed by atoms with E-state index in [0.717, 1.165) is 5.12 Å². The van der Waals surface area contributed by atoms with Crippen LogP contribution >= 0.6 is 0 Å². The number of carbonyl (C=O) groups excluding carboxylic acids is 1. The first kappa shape index (κ1) is 9.13. The van der Waals surface area contributed by atoms with E-state index in [1.165, 1.54) is 13.4 Å². The minimum absolute atomic E-state index is 0.102. The zero-order valence-electron chi connectivity index (χ0n) is 6.93. The Labute approximate surface area is 73.6 Å². The largest absolute Gasteiger partial charge is 0.364 e. The molecule has 1 heterocycles. The fourth-order valence-corrected chi connectivity index (χ4v) is 0.657. The van der Waals surface area contributed by atoms with E-state index in [4.69, 9.17) is 11.6 Å². The van der Waals surface area contributed by atoms with Gasteiger partial charge in [-0.05, 0) is 0 Å². The number of hydrogen-bond acceptors (Lipinski definition) is 5. The molecule has 5 N–H and O–H groups in total. The predicted octanol–water partition coefficient (Wildman–Crippen LogP) is -0.687. The standard InChI is InChI=1S/C5H9N7O/c1-12(7)11-10-5-3(4(6)13)8-2-9-5/h2H,7H2,1H3,(H2,6,13)(H,8,9)/b11-10+. The zero-order chi connectivity index (χ0) is 9.84. The summed E-state index contributed by atoms with van der Waals surface area (Å²) in [7, 11) is 1.49. The van der Waals surface area contributed by atoms with Crippen LogP contribution in [0.25, 0.3) is 0 Å². The molecule has 8 nitrogen and oxygen atoms in total.